The molecule has 0 amide bonds. The molecule has 1 aromatic carbocycles. The van der Waals surface area contributed by atoms with Crippen LogP contribution in [0.2, 0.25) is 0 Å². The minimum absolute atomic E-state index is 0.151. The predicted octanol–water partition coefficient (Wildman–Crippen LogP) is 3.16. The molecular weight excluding hydrogens is 303 g/mol. The fourth-order valence-corrected chi connectivity index (χ4v) is 3.12. The van der Waals surface area contributed by atoms with Gasteiger partial charge in [-0.2, -0.15) is 13.2 Å². The highest BCUT2D eigenvalue weighted by atomic mass is 32.2. The Morgan fingerprint density at radius 2 is 1.67 bits per heavy atom. The summed E-state index contributed by atoms with van der Waals surface area (Å²) in [5.41, 5.74) is -5.34. The molecule has 1 unspecified atom stereocenters. The van der Waals surface area contributed by atoms with Gasteiger partial charge in [0.1, 0.15) is 0 Å². The molecule has 1 atom stereocenters. The summed E-state index contributed by atoms with van der Waals surface area (Å²) in [7, 11) is -3.63. The number of hydrogen-bond donors (Lipinski definition) is 1. The fraction of sp³-hybridized carbons (Fsp3) is 0.571. The van der Waals surface area contributed by atoms with Crippen molar-refractivity contribution in [3.05, 3.63) is 29.8 Å². The molecule has 0 fully saturated rings. The van der Waals surface area contributed by atoms with Gasteiger partial charge in [-0.25, -0.2) is 8.42 Å². The van der Waals surface area contributed by atoms with Gasteiger partial charge >= 0.3 is 5.51 Å². The molecule has 0 heterocycles. The van der Waals surface area contributed by atoms with E-state index in [0.717, 1.165) is 6.07 Å². The van der Waals surface area contributed by atoms with Crippen LogP contribution in [0.15, 0.2) is 29.2 Å². The molecule has 0 spiro atoms. The molecule has 0 aliphatic rings. The van der Waals surface area contributed by atoms with Crippen molar-refractivity contribution in [1.29, 1.82) is 0 Å². The van der Waals surface area contributed by atoms with E-state index in [9.17, 15) is 21.6 Å². The zero-order chi connectivity index (χ0) is 16.5. The summed E-state index contributed by atoms with van der Waals surface area (Å²) in [5, 5.41) is 3.03. The number of hydrogen-bond acceptors (Lipinski definition) is 3. The molecule has 1 N–H and O–H groups in total. The minimum atomic E-state index is -5.33. The highest BCUT2D eigenvalue weighted by molar-refractivity contribution is 7.92. The van der Waals surface area contributed by atoms with E-state index in [1.165, 1.54) is 12.1 Å². The molecule has 0 saturated carbocycles. The largest absolute Gasteiger partial charge is 0.501 e. The Hall–Kier alpha value is -1.08. The minimum Gasteiger partial charge on any atom is -0.316 e. The zero-order valence-corrected chi connectivity index (χ0v) is 13.3. The number of nitrogens with one attached hydrogen (secondary N) is 1. The summed E-state index contributed by atoms with van der Waals surface area (Å²) in [4.78, 5) is -0.665. The number of likely N-dealkylation sites (N-methyl/N-ethyl adjacent to an activating group) is 1. The quantitative estimate of drug-likeness (QED) is 0.926. The van der Waals surface area contributed by atoms with Crippen molar-refractivity contribution in [2.75, 3.05) is 7.05 Å². The molecule has 3 nitrogen and oxygen atoms in total. The molecule has 1 aromatic rings. The van der Waals surface area contributed by atoms with Gasteiger partial charge in [0.05, 0.1) is 4.90 Å². The van der Waals surface area contributed by atoms with Gasteiger partial charge in [-0.05, 0) is 30.5 Å². The van der Waals surface area contributed by atoms with Crippen LogP contribution < -0.4 is 5.32 Å². The van der Waals surface area contributed by atoms with E-state index in [4.69, 9.17) is 0 Å². The van der Waals surface area contributed by atoms with Crippen LogP contribution in [0, 0.1) is 5.41 Å². The molecule has 0 saturated heterocycles. The SMILES string of the molecule is CNC(Cc1ccccc1S(=O)(=O)C(F)(F)F)C(C)(C)C. The van der Waals surface area contributed by atoms with Crippen molar-refractivity contribution in [1.82, 2.24) is 5.32 Å². The number of halogens is 3. The molecular formula is C14H20F3NO2S. The Morgan fingerprint density at radius 3 is 2.10 bits per heavy atom. The van der Waals surface area contributed by atoms with Crippen LogP contribution in [-0.2, 0) is 16.3 Å². The van der Waals surface area contributed by atoms with E-state index in [1.54, 1.807) is 13.1 Å². The highest BCUT2D eigenvalue weighted by Crippen LogP contribution is 2.33. The van der Waals surface area contributed by atoms with Crippen molar-refractivity contribution in [2.45, 2.75) is 43.6 Å². The van der Waals surface area contributed by atoms with Gasteiger partial charge in [-0.15, -0.1) is 0 Å². The predicted molar refractivity (Wildman–Crippen MR) is 75.7 cm³/mol. The molecule has 0 radical (unpaired) electrons. The van der Waals surface area contributed by atoms with Crippen LogP contribution in [-0.4, -0.2) is 27.0 Å². The Labute approximate surface area is 123 Å². The van der Waals surface area contributed by atoms with Crippen LogP contribution in [0.4, 0.5) is 13.2 Å². The maximum atomic E-state index is 12.7. The van der Waals surface area contributed by atoms with E-state index in [0.29, 0.717) is 0 Å². The Kier molecular flexibility index (Phi) is 5.10. The van der Waals surface area contributed by atoms with Gasteiger partial charge in [0.2, 0.25) is 0 Å². The van der Waals surface area contributed by atoms with Gasteiger partial charge in [0.25, 0.3) is 9.84 Å². The molecule has 1 rings (SSSR count). The average molecular weight is 323 g/mol. The fourth-order valence-electron chi connectivity index (χ4n) is 2.12. The summed E-state index contributed by atoms with van der Waals surface area (Å²) < 4.78 is 61.5. The number of rotatable bonds is 4. The Bertz CT molecular complexity index is 589. The normalized spacial score (nSPS) is 15.0. The number of sulfone groups is 1. The second-order valence-corrected chi connectivity index (χ2v) is 7.88. The average Bonchev–Trinajstić information content (AvgIpc) is 2.33. The van der Waals surface area contributed by atoms with Crippen LogP contribution in [0.3, 0.4) is 0 Å². The van der Waals surface area contributed by atoms with Crippen LogP contribution in [0.25, 0.3) is 0 Å². The maximum absolute atomic E-state index is 12.7. The molecule has 0 bridgehead atoms. The van der Waals surface area contributed by atoms with Crippen molar-refractivity contribution < 1.29 is 21.6 Å². The van der Waals surface area contributed by atoms with Crippen molar-refractivity contribution in [3.63, 3.8) is 0 Å². The van der Waals surface area contributed by atoms with Gasteiger partial charge in [-0.3, -0.25) is 0 Å². The molecule has 0 aliphatic heterocycles. The lowest BCUT2D eigenvalue weighted by molar-refractivity contribution is -0.0436. The highest BCUT2D eigenvalue weighted by Gasteiger charge is 2.47. The van der Waals surface area contributed by atoms with Crippen molar-refractivity contribution >= 4 is 9.84 Å². The summed E-state index contributed by atoms with van der Waals surface area (Å²) in [5.74, 6) is 0. The second kappa shape index (κ2) is 5.96. The zero-order valence-electron chi connectivity index (χ0n) is 12.5. The van der Waals surface area contributed by atoms with E-state index >= 15 is 0 Å². The second-order valence-electron chi connectivity index (χ2n) is 5.97. The lowest BCUT2D eigenvalue weighted by Crippen LogP contribution is -2.40. The van der Waals surface area contributed by atoms with Crippen LogP contribution in [0.5, 0.6) is 0 Å². The van der Waals surface area contributed by atoms with Crippen molar-refractivity contribution in [2.24, 2.45) is 5.41 Å². The maximum Gasteiger partial charge on any atom is 0.501 e. The third-order valence-corrected chi connectivity index (χ3v) is 4.97. The molecule has 7 heteroatoms. The topological polar surface area (TPSA) is 46.2 Å². The number of alkyl halides is 3. The Morgan fingerprint density at radius 1 is 1.14 bits per heavy atom. The summed E-state index contributed by atoms with van der Waals surface area (Å²) in [6, 6.07) is 5.12. The molecule has 21 heavy (non-hydrogen) atoms. The summed E-state index contributed by atoms with van der Waals surface area (Å²) in [6.07, 6.45) is 0.200. The lowest BCUT2D eigenvalue weighted by atomic mass is 9.83. The third-order valence-electron chi connectivity index (χ3n) is 3.38. The Balaban J connectivity index is 3.30. The van der Waals surface area contributed by atoms with Crippen molar-refractivity contribution in [3.8, 4) is 0 Å². The van der Waals surface area contributed by atoms with Gasteiger partial charge in [0.15, 0.2) is 0 Å². The first-order valence-electron chi connectivity index (χ1n) is 6.48. The smallest absolute Gasteiger partial charge is 0.316 e. The van der Waals surface area contributed by atoms with Crippen LogP contribution >= 0.6 is 0 Å². The molecule has 120 valence electrons. The first-order valence-corrected chi connectivity index (χ1v) is 7.96. The van der Waals surface area contributed by atoms with Gasteiger partial charge in [-0.1, -0.05) is 39.0 Å². The van der Waals surface area contributed by atoms with Crippen LogP contribution in [0.1, 0.15) is 26.3 Å². The number of benzene rings is 1. The monoisotopic (exact) mass is 323 g/mol. The standard InChI is InChI=1S/C14H20F3NO2S/c1-13(2,3)12(18-4)9-10-7-5-6-8-11(10)21(19,20)14(15,16)17/h5-8,12,18H,9H2,1-4H3. The third kappa shape index (κ3) is 3.97. The summed E-state index contributed by atoms with van der Waals surface area (Å²) in [6.45, 7) is 5.82. The van der Waals surface area contributed by atoms with E-state index in [-0.39, 0.29) is 23.4 Å². The lowest BCUT2D eigenvalue weighted by Gasteiger charge is -2.31. The first kappa shape index (κ1) is 18.0. The first-order chi connectivity index (χ1) is 9.41. The van der Waals surface area contributed by atoms with E-state index in [2.05, 4.69) is 5.32 Å². The van der Waals surface area contributed by atoms with E-state index < -0.39 is 20.2 Å². The molecule has 0 aromatic heterocycles. The molecule has 0 aliphatic carbocycles. The van der Waals surface area contributed by atoms with Gasteiger partial charge < -0.3 is 5.32 Å². The van der Waals surface area contributed by atoms with Gasteiger partial charge in [0, 0.05) is 6.04 Å². The van der Waals surface area contributed by atoms with E-state index in [1.807, 2.05) is 20.8 Å². The summed E-state index contributed by atoms with van der Waals surface area (Å²) >= 11 is 0.